The minimum absolute atomic E-state index is 0.0420. The summed E-state index contributed by atoms with van der Waals surface area (Å²) in [5.74, 6) is -0.155. The predicted octanol–water partition coefficient (Wildman–Crippen LogP) is 3.11. The molecular weight excluding hydrogens is 473 g/mol. The van der Waals surface area contributed by atoms with Gasteiger partial charge in [0.05, 0.1) is 18.4 Å². The van der Waals surface area contributed by atoms with Crippen molar-refractivity contribution in [2.24, 2.45) is 7.05 Å². The third-order valence-electron chi connectivity index (χ3n) is 5.54. The van der Waals surface area contributed by atoms with Crippen molar-refractivity contribution in [3.63, 3.8) is 0 Å². The Kier molecular flexibility index (Phi) is 5.84. The standard InChI is InChI=1S/C21H21F3N6O3S/c1-12(7-19-27-25-11-29(19)2)13-8-17(28-34(3,32)33)26-18(9-13)30-10-15-14(20(30)31)5-4-6-16(15)21(22,23)24/h4-6,8-9,11-12H,7,10H2,1-3H3,(H,26,28)/t12-/m0/s1. The number of amides is 1. The van der Waals surface area contributed by atoms with Gasteiger partial charge >= 0.3 is 6.18 Å². The Labute approximate surface area is 193 Å². The number of anilines is 2. The fraction of sp³-hybridized carbons (Fsp3) is 0.333. The van der Waals surface area contributed by atoms with E-state index in [9.17, 15) is 26.4 Å². The summed E-state index contributed by atoms with van der Waals surface area (Å²) in [5.41, 5.74) is -0.468. The highest BCUT2D eigenvalue weighted by Crippen LogP contribution is 2.39. The second kappa shape index (κ2) is 8.38. The van der Waals surface area contributed by atoms with E-state index in [4.69, 9.17) is 0 Å². The SMILES string of the molecule is C[C@@H](Cc1nncn1C)c1cc(NS(C)(=O)=O)nc(N2Cc3c(cccc3C(F)(F)F)C2=O)c1. The number of hydrogen-bond donors (Lipinski definition) is 1. The molecule has 9 nitrogen and oxygen atoms in total. The van der Waals surface area contributed by atoms with Crippen molar-refractivity contribution in [1.29, 1.82) is 0 Å². The van der Waals surface area contributed by atoms with Crippen LogP contribution in [0.4, 0.5) is 24.8 Å². The first kappa shape index (κ1) is 23.7. The van der Waals surface area contributed by atoms with E-state index >= 15 is 0 Å². The minimum atomic E-state index is -4.62. The number of pyridine rings is 1. The Hall–Kier alpha value is -3.48. The van der Waals surface area contributed by atoms with E-state index in [-0.39, 0.29) is 35.2 Å². The third kappa shape index (κ3) is 4.74. The van der Waals surface area contributed by atoms with Crippen LogP contribution in [0.25, 0.3) is 0 Å². The number of rotatable bonds is 6. The van der Waals surface area contributed by atoms with Crippen LogP contribution >= 0.6 is 0 Å². The maximum atomic E-state index is 13.5. The highest BCUT2D eigenvalue weighted by Gasteiger charge is 2.40. The second-order valence-corrected chi connectivity index (χ2v) is 9.95. The molecule has 1 aliphatic heterocycles. The van der Waals surface area contributed by atoms with Crippen LogP contribution in [0.5, 0.6) is 0 Å². The lowest BCUT2D eigenvalue weighted by Gasteiger charge is -2.20. The zero-order valence-electron chi connectivity index (χ0n) is 18.5. The van der Waals surface area contributed by atoms with Gasteiger partial charge in [0.2, 0.25) is 10.0 Å². The second-order valence-electron chi connectivity index (χ2n) is 8.20. The number of benzene rings is 1. The van der Waals surface area contributed by atoms with Crippen molar-refractivity contribution in [1.82, 2.24) is 19.7 Å². The molecule has 1 atom stereocenters. The van der Waals surface area contributed by atoms with Crippen LogP contribution in [-0.4, -0.2) is 40.3 Å². The molecule has 34 heavy (non-hydrogen) atoms. The van der Waals surface area contributed by atoms with Gasteiger partial charge in [0, 0.05) is 19.0 Å². The van der Waals surface area contributed by atoms with Crippen LogP contribution in [0, 0.1) is 0 Å². The van der Waals surface area contributed by atoms with Crippen molar-refractivity contribution < 1.29 is 26.4 Å². The lowest BCUT2D eigenvalue weighted by atomic mass is 9.98. The van der Waals surface area contributed by atoms with Crippen LogP contribution in [0.15, 0.2) is 36.7 Å². The molecule has 0 bridgehead atoms. The number of aryl methyl sites for hydroxylation is 1. The molecule has 0 spiro atoms. The zero-order chi connectivity index (χ0) is 24.8. The summed E-state index contributed by atoms with van der Waals surface area (Å²) >= 11 is 0. The molecule has 0 radical (unpaired) electrons. The number of nitrogens with zero attached hydrogens (tertiary/aromatic N) is 5. The molecule has 1 N–H and O–H groups in total. The van der Waals surface area contributed by atoms with Gasteiger partial charge in [-0.3, -0.25) is 14.4 Å². The molecular formula is C21H21F3N6O3S. The highest BCUT2D eigenvalue weighted by atomic mass is 32.2. The molecule has 3 aromatic rings. The van der Waals surface area contributed by atoms with Crippen LogP contribution in [0.2, 0.25) is 0 Å². The smallest absolute Gasteiger partial charge is 0.321 e. The summed E-state index contributed by atoms with van der Waals surface area (Å²) < 4.78 is 68.2. The molecule has 3 heterocycles. The molecule has 1 amide bonds. The van der Waals surface area contributed by atoms with Crippen LogP contribution < -0.4 is 9.62 Å². The van der Waals surface area contributed by atoms with Crippen LogP contribution in [-0.2, 0) is 36.2 Å². The molecule has 1 aromatic carbocycles. The van der Waals surface area contributed by atoms with E-state index < -0.39 is 27.7 Å². The van der Waals surface area contributed by atoms with Gasteiger partial charge in [-0.05, 0) is 41.3 Å². The van der Waals surface area contributed by atoms with Gasteiger partial charge in [-0.2, -0.15) is 13.2 Å². The highest BCUT2D eigenvalue weighted by molar-refractivity contribution is 7.92. The molecule has 0 saturated carbocycles. The Morgan fingerprint density at radius 1 is 1.24 bits per heavy atom. The van der Waals surface area contributed by atoms with Crippen LogP contribution in [0.1, 0.15) is 45.7 Å². The maximum Gasteiger partial charge on any atom is 0.416 e. The van der Waals surface area contributed by atoms with E-state index in [1.165, 1.54) is 18.2 Å². The van der Waals surface area contributed by atoms with Crippen molar-refractivity contribution >= 4 is 27.6 Å². The molecule has 180 valence electrons. The number of halogens is 3. The van der Waals surface area contributed by atoms with Gasteiger partial charge in [-0.1, -0.05) is 13.0 Å². The quantitative estimate of drug-likeness (QED) is 0.564. The lowest BCUT2D eigenvalue weighted by Crippen LogP contribution is -2.25. The Balaban J connectivity index is 1.75. The fourth-order valence-electron chi connectivity index (χ4n) is 3.87. The lowest BCUT2D eigenvalue weighted by molar-refractivity contribution is -0.138. The molecule has 0 saturated heterocycles. The van der Waals surface area contributed by atoms with Crippen LogP contribution in [0.3, 0.4) is 0 Å². The summed E-state index contributed by atoms with van der Waals surface area (Å²) in [6, 6.07) is 6.56. The number of carbonyl (C=O) groups excluding carboxylic acids is 1. The zero-order valence-corrected chi connectivity index (χ0v) is 19.3. The fourth-order valence-corrected chi connectivity index (χ4v) is 4.35. The summed E-state index contributed by atoms with van der Waals surface area (Å²) in [5, 5.41) is 7.89. The molecule has 13 heteroatoms. The van der Waals surface area contributed by atoms with Gasteiger partial charge in [0.15, 0.2) is 0 Å². The number of aromatic nitrogens is 4. The van der Waals surface area contributed by atoms with Crippen molar-refractivity contribution in [2.75, 3.05) is 15.9 Å². The van der Waals surface area contributed by atoms with Gasteiger partial charge in [-0.25, -0.2) is 13.4 Å². The summed E-state index contributed by atoms with van der Waals surface area (Å²) in [7, 11) is -1.91. The number of fused-ring (bicyclic) bond motifs is 1. The Morgan fingerprint density at radius 3 is 2.59 bits per heavy atom. The Bertz CT molecular complexity index is 1370. The number of nitrogens with one attached hydrogen (secondary N) is 1. The van der Waals surface area contributed by atoms with E-state index in [1.807, 2.05) is 6.92 Å². The summed E-state index contributed by atoms with van der Waals surface area (Å²) in [6.45, 7) is 1.54. The first-order valence-corrected chi connectivity index (χ1v) is 12.1. The summed E-state index contributed by atoms with van der Waals surface area (Å²) in [4.78, 5) is 18.4. The maximum absolute atomic E-state index is 13.5. The molecule has 0 fully saturated rings. The normalized spacial score (nSPS) is 14.9. The molecule has 1 aliphatic rings. The first-order chi connectivity index (χ1) is 15.8. The van der Waals surface area contributed by atoms with Crippen molar-refractivity contribution in [3.05, 3.63) is 64.7 Å². The van der Waals surface area contributed by atoms with Crippen molar-refractivity contribution in [2.45, 2.75) is 32.0 Å². The number of alkyl halides is 3. The monoisotopic (exact) mass is 494 g/mol. The largest absolute Gasteiger partial charge is 0.416 e. The van der Waals surface area contributed by atoms with Gasteiger partial charge < -0.3 is 4.57 Å². The van der Waals surface area contributed by atoms with E-state index in [0.717, 1.165) is 17.2 Å². The van der Waals surface area contributed by atoms with Gasteiger partial charge in [0.25, 0.3) is 5.91 Å². The first-order valence-electron chi connectivity index (χ1n) is 10.2. The molecule has 2 aromatic heterocycles. The average molecular weight is 494 g/mol. The molecule has 4 rings (SSSR count). The van der Waals surface area contributed by atoms with E-state index in [2.05, 4.69) is 19.9 Å². The van der Waals surface area contributed by atoms with E-state index in [1.54, 1.807) is 24.0 Å². The predicted molar refractivity (Wildman–Crippen MR) is 118 cm³/mol. The average Bonchev–Trinajstić information content (AvgIpc) is 3.28. The number of carbonyl (C=O) groups is 1. The van der Waals surface area contributed by atoms with Gasteiger partial charge in [0.1, 0.15) is 23.8 Å². The number of sulfonamides is 1. The van der Waals surface area contributed by atoms with Crippen molar-refractivity contribution in [3.8, 4) is 0 Å². The topological polar surface area (TPSA) is 110 Å². The summed E-state index contributed by atoms with van der Waals surface area (Å²) in [6.07, 6.45) is -1.67. The van der Waals surface area contributed by atoms with Gasteiger partial charge in [-0.15, -0.1) is 10.2 Å². The Morgan fingerprint density at radius 2 is 1.97 bits per heavy atom. The van der Waals surface area contributed by atoms with E-state index in [0.29, 0.717) is 17.8 Å². The number of hydrogen-bond acceptors (Lipinski definition) is 6. The molecule has 0 aliphatic carbocycles. The molecule has 0 unspecified atom stereocenters. The minimum Gasteiger partial charge on any atom is -0.321 e. The third-order valence-corrected chi connectivity index (χ3v) is 6.12.